The Kier molecular flexibility index (Phi) is 9.63. The topological polar surface area (TPSA) is 127 Å². The largest absolute Gasteiger partial charge is 0.506 e. The van der Waals surface area contributed by atoms with Gasteiger partial charge in [-0.3, -0.25) is 4.72 Å². The Morgan fingerprint density at radius 3 is 2.50 bits per heavy atom. The van der Waals surface area contributed by atoms with Crippen molar-refractivity contribution in [2.75, 3.05) is 47.4 Å². The lowest BCUT2D eigenvalue weighted by Crippen LogP contribution is -2.39. The van der Waals surface area contributed by atoms with E-state index in [1.165, 1.54) is 17.7 Å². The highest BCUT2D eigenvalue weighted by Crippen LogP contribution is 2.30. The van der Waals surface area contributed by atoms with E-state index in [-0.39, 0.29) is 11.4 Å². The molecule has 0 radical (unpaired) electrons. The van der Waals surface area contributed by atoms with Gasteiger partial charge in [0.05, 0.1) is 23.7 Å². The number of aromatic hydroxyl groups is 1. The van der Waals surface area contributed by atoms with Crippen LogP contribution in [0, 0.1) is 0 Å². The van der Waals surface area contributed by atoms with Gasteiger partial charge in [0.15, 0.2) is 5.13 Å². The van der Waals surface area contributed by atoms with Crippen molar-refractivity contribution in [1.29, 1.82) is 0 Å². The molecule has 9 nitrogen and oxygen atoms in total. The number of hydrogen-bond acceptors (Lipinski definition) is 9. The summed E-state index contributed by atoms with van der Waals surface area (Å²) in [6.45, 7) is 2.94. The summed E-state index contributed by atoms with van der Waals surface area (Å²) >= 11 is 1.71. The molecule has 1 unspecified atom stereocenters. The number of benzene rings is 3. The average Bonchev–Trinajstić information content (AvgIpc) is 3.48. The molecule has 42 heavy (non-hydrogen) atoms. The van der Waals surface area contributed by atoms with E-state index in [1.54, 1.807) is 17.4 Å². The fraction of sp³-hybridized carbons (Fsp3) is 0.323. The summed E-state index contributed by atoms with van der Waals surface area (Å²) in [5.41, 5.74) is 5.06. The maximum absolute atomic E-state index is 11.5. The smallest absolute Gasteiger partial charge is 0.229 e. The Hall–Kier alpha value is -3.64. The van der Waals surface area contributed by atoms with Gasteiger partial charge in [-0.1, -0.05) is 48.5 Å². The first-order chi connectivity index (χ1) is 20.2. The molecule has 0 amide bonds. The van der Waals surface area contributed by atoms with E-state index in [1.807, 2.05) is 18.2 Å². The minimum absolute atomic E-state index is 0.0465. The Labute approximate surface area is 251 Å². The van der Waals surface area contributed by atoms with Gasteiger partial charge < -0.3 is 25.7 Å². The van der Waals surface area contributed by atoms with Crippen LogP contribution >= 0.6 is 11.3 Å². The molecule has 1 fully saturated rings. The number of hydrogen-bond donors (Lipinski definition) is 5. The minimum Gasteiger partial charge on any atom is -0.506 e. The van der Waals surface area contributed by atoms with Gasteiger partial charge in [-0.25, -0.2) is 13.4 Å². The van der Waals surface area contributed by atoms with Gasteiger partial charge in [0.2, 0.25) is 10.0 Å². The van der Waals surface area contributed by atoms with E-state index < -0.39 is 16.1 Å². The molecular formula is C31H37N5O4S2. The van der Waals surface area contributed by atoms with Crippen molar-refractivity contribution >= 4 is 37.9 Å². The first kappa shape index (κ1) is 29.8. The summed E-state index contributed by atoms with van der Waals surface area (Å²) in [4.78, 5) is 7.25. The zero-order chi connectivity index (χ0) is 29.5. The van der Waals surface area contributed by atoms with Crippen molar-refractivity contribution in [3.63, 3.8) is 0 Å². The maximum Gasteiger partial charge on any atom is 0.229 e. The van der Waals surface area contributed by atoms with Gasteiger partial charge in [-0.15, -0.1) is 11.3 Å². The van der Waals surface area contributed by atoms with Crippen molar-refractivity contribution in [2.45, 2.75) is 31.4 Å². The molecule has 1 saturated heterocycles. The van der Waals surface area contributed by atoms with E-state index in [4.69, 9.17) is 4.98 Å². The van der Waals surface area contributed by atoms with E-state index in [0.29, 0.717) is 24.7 Å². The third-order valence-corrected chi connectivity index (χ3v) is 8.77. The summed E-state index contributed by atoms with van der Waals surface area (Å²) < 4.78 is 25.3. The van der Waals surface area contributed by atoms with Crippen LogP contribution in [-0.2, 0) is 16.4 Å². The third kappa shape index (κ3) is 8.22. The van der Waals surface area contributed by atoms with Crippen molar-refractivity contribution < 1.29 is 18.6 Å². The molecule has 0 spiro atoms. The summed E-state index contributed by atoms with van der Waals surface area (Å²) in [7, 11) is -3.54. The lowest BCUT2D eigenvalue weighted by Gasteiger charge is -2.32. The van der Waals surface area contributed by atoms with Crippen molar-refractivity contribution in [3.05, 3.63) is 89.3 Å². The van der Waals surface area contributed by atoms with Crippen LogP contribution in [0.25, 0.3) is 11.3 Å². The second-order valence-electron chi connectivity index (χ2n) is 10.6. The van der Waals surface area contributed by atoms with Crippen LogP contribution in [-0.4, -0.2) is 62.1 Å². The number of phenols is 1. The molecule has 11 heteroatoms. The number of nitrogens with one attached hydrogen (secondary N) is 3. The SMILES string of the molecule is CS(=O)(=O)Nc1cc(C(O)CNCCc2ccc(NC3CCN(c4nc(-c5ccccc5)cs4)CC3)cc2)ccc1O. The predicted octanol–water partition coefficient (Wildman–Crippen LogP) is 4.83. The first-order valence-corrected chi connectivity index (χ1v) is 16.8. The van der Waals surface area contributed by atoms with Crippen molar-refractivity contribution in [3.8, 4) is 17.0 Å². The Morgan fingerprint density at radius 1 is 1.05 bits per heavy atom. The fourth-order valence-electron chi connectivity index (χ4n) is 5.00. The zero-order valence-electron chi connectivity index (χ0n) is 23.5. The van der Waals surface area contributed by atoms with Crippen LogP contribution in [0.5, 0.6) is 5.75 Å². The lowest BCUT2D eigenvalue weighted by atomic mass is 10.0. The van der Waals surface area contributed by atoms with Gasteiger partial charge in [-0.2, -0.15) is 0 Å². The zero-order valence-corrected chi connectivity index (χ0v) is 25.2. The summed E-state index contributed by atoms with van der Waals surface area (Å²) in [5.74, 6) is -0.193. The van der Waals surface area contributed by atoms with Crippen LogP contribution in [0.2, 0.25) is 0 Å². The van der Waals surface area contributed by atoms with Crippen LogP contribution < -0.4 is 20.3 Å². The molecule has 5 rings (SSSR count). The number of thiazole rings is 1. The molecule has 1 aliphatic heterocycles. The molecule has 0 saturated carbocycles. The van der Waals surface area contributed by atoms with Crippen LogP contribution in [0.1, 0.15) is 30.1 Å². The molecule has 1 atom stereocenters. The molecule has 4 aromatic rings. The van der Waals surface area contributed by atoms with Gasteiger partial charge >= 0.3 is 0 Å². The van der Waals surface area contributed by atoms with Gasteiger partial charge in [-0.05, 0) is 61.2 Å². The highest BCUT2D eigenvalue weighted by atomic mass is 32.2. The Bertz CT molecular complexity index is 1550. The second-order valence-corrected chi connectivity index (χ2v) is 13.2. The van der Waals surface area contributed by atoms with E-state index in [0.717, 1.165) is 60.7 Å². The Morgan fingerprint density at radius 2 is 1.79 bits per heavy atom. The number of phenolic OH excluding ortho intramolecular Hbond substituents is 1. The summed E-state index contributed by atoms with van der Waals surface area (Å²) in [6.07, 6.45) is 3.09. The normalized spacial score (nSPS) is 15.0. The standard InChI is InChI=1S/C31H37N5O4S2/c1-42(39,40)35-27-19-24(9-12-29(27)37)30(38)20-32-16-13-22-7-10-25(11-8-22)33-26-14-17-36(18-15-26)31-34-28(21-41-31)23-5-3-2-4-6-23/h2-12,19,21,26,30,32-33,35,37-38H,13-18,20H2,1H3. The van der Waals surface area contributed by atoms with Gasteiger partial charge in [0, 0.05) is 42.3 Å². The number of aliphatic hydroxyl groups excluding tert-OH is 1. The van der Waals surface area contributed by atoms with Crippen LogP contribution in [0.4, 0.5) is 16.5 Å². The average molecular weight is 608 g/mol. The number of aromatic nitrogens is 1. The van der Waals surface area contributed by atoms with Crippen LogP contribution in [0.3, 0.4) is 0 Å². The first-order valence-electron chi connectivity index (χ1n) is 14.0. The minimum atomic E-state index is -3.54. The molecule has 0 bridgehead atoms. The Balaban J connectivity index is 1.03. The van der Waals surface area contributed by atoms with Crippen LogP contribution in [0.15, 0.2) is 78.2 Å². The number of nitrogens with zero attached hydrogens (tertiary/aromatic N) is 2. The molecule has 0 aliphatic carbocycles. The molecular weight excluding hydrogens is 571 g/mol. The molecule has 2 heterocycles. The summed E-state index contributed by atoms with van der Waals surface area (Å²) in [6, 6.07) is 23.6. The van der Waals surface area contributed by atoms with E-state index >= 15 is 0 Å². The molecule has 5 N–H and O–H groups in total. The number of rotatable bonds is 12. The number of aliphatic hydroxyl groups is 1. The number of anilines is 3. The predicted molar refractivity (Wildman–Crippen MR) is 171 cm³/mol. The van der Waals surface area contributed by atoms with Gasteiger partial charge in [0.1, 0.15) is 5.75 Å². The van der Waals surface area contributed by atoms with E-state index in [9.17, 15) is 18.6 Å². The number of sulfonamides is 1. The molecule has 3 aromatic carbocycles. The van der Waals surface area contributed by atoms with Crippen molar-refractivity contribution in [2.24, 2.45) is 0 Å². The van der Waals surface area contributed by atoms with E-state index in [2.05, 4.69) is 62.0 Å². The second kappa shape index (κ2) is 13.6. The number of piperidine rings is 1. The van der Waals surface area contributed by atoms with Gasteiger partial charge in [0.25, 0.3) is 0 Å². The monoisotopic (exact) mass is 607 g/mol. The molecule has 222 valence electrons. The molecule has 1 aliphatic rings. The lowest BCUT2D eigenvalue weighted by molar-refractivity contribution is 0.175. The highest BCUT2D eigenvalue weighted by Gasteiger charge is 2.21. The molecule has 1 aromatic heterocycles. The quantitative estimate of drug-likeness (QED) is 0.115. The van der Waals surface area contributed by atoms with Crippen molar-refractivity contribution in [1.82, 2.24) is 10.3 Å². The third-order valence-electron chi connectivity index (χ3n) is 7.28. The summed E-state index contributed by atoms with van der Waals surface area (Å²) in [5, 5.41) is 30.6. The maximum atomic E-state index is 11.5. The fourth-order valence-corrected chi connectivity index (χ4v) is 6.45. The highest BCUT2D eigenvalue weighted by molar-refractivity contribution is 7.92.